The molecule has 1 atom stereocenters. The lowest BCUT2D eigenvalue weighted by molar-refractivity contribution is -0.00188. The third-order valence-corrected chi connectivity index (χ3v) is 7.67. The number of nitrogens with zero attached hydrogens (tertiary/aromatic N) is 1. The zero-order valence-corrected chi connectivity index (χ0v) is 16.0. The van der Waals surface area contributed by atoms with Gasteiger partial charge in [0.15, 0.2) is 0 Å². The summed E-state index contributed by atoms with van der Waals surface area (Å²) in [7, 11) is -3.63. The maximum Gasteiger partial charge on any atom is 0.259 e. The van der Waals surface area contributed by atoms with Crippen molar-refractivity contribution in [3.63, 3.8) is 0 Å². The molecule has 0 spiro atoms. The maximum absolute atomic E-state index is 13.0. The van der Waals surface area contributed by atoms with Crippen molar-refractivity contribution in [3.8, 4) is 0 Å². The fourth-order valence-corrected chi connectivity index (χ4v) is 5.88. The minimum atomic E-state index is -3.63. The molecule has 4 rings (SSSR count). The zero-order valence-electron chi connectivity index (χ0n) is 14.4. The Morgan fingerprint density at radius 2 is 1.81 bits per heavy atom. The van der Waals surface area contributed by atoms with Crippen LogP contribution in [0.2, 0.25) is 0 Å². The standard InChI is InChI=1S/C19H18N2O4S2/c20-19(22)18-17(14-8-4-5-9-16(14)26-18)15-12-21(10-11-25-15)27(23,24)13-6-2-1-3-7-13/h1-9,15H,10-12H2,(H2,20,22)/t15-/m0/s1. The first-order chi connectivity index (χ1) is 13.0. The Labute approximate surface area is 161 Å². The average Bonchev–Trinajstić information content (AvgIpc) is 3.09. The zero-order chi connectivity index (χ0) is 19.0. The van der Waals surface area contributed by atoms with Crippen LogP contribution in [0, 0.1) is 0 Å². The number of carbonyl (C=O) groups is 1. The number of sulfonamides is 1. The van der Waals surface area contributed by atoms with Gasteiger partial charge in [-0.05, 0) is 23.6 Å². The average molecular weight is 402 g/mol. The summed E-state index contributed by atoms with van der Waals surface area (Å²) in [6.07, 6.45) is -0.545. The molecule has 1 aliphatic heterocycles. The highest BCUT2D eigenvalue weighted by Gasteiger charge is 2.34. The van der Waals surface area contributed by atoms with E-state index < -0.39 is 22.0 Å². The fourth-order valence-electron chi connectivity index (χ4n) is 3.33. The number of hydrogen-bond acceptors (Lipinski definition) is 5. The molecule has 1 fully saturated rings. The molecule has 3 aromatic rings. The van der Waals surface area contributed by atoms with Crippen LogP contribution in [0.15, 0.2) is 59.5 Å². The Balaban J connectivity index is 1.73. The van der Waals surface area contributed by atoms with E-state index in [1.165, 1.54) is 15.6 Å². The van der Waals surface area contributed by atoms with Crippen molar-refractivity contribution in [1.29, 1.82) is 0 Å². The van der Waals surface area contributed by atoms with Crippen LogP contribution in [0.3, 0.4) is 0 Å². The van der Waals surface area contributed by atoms with Crippen LogP contribution in [0.5, 0.6) is 0 Å². The Morgan fingerprint density at radius 3 is 2.56 bits per heavy atom. The van der Waals surface area contributed by atoms with Gasteiger partial charge in [0.2, 0.25) is 10.0 Å². The molecule has 2 N–H and O–H groups in total. The lowest BCUT2D eigenvalue weighted by Gasteiger charge is -2.32. The van der Waals surface area contributed by atoms with E-state index >= 15 is 0 Å². The van der Waals surface area contributed by atoms with Crippen LogP contribution in [0.1, 0.15) is 21.3 Å². The van der Waals surface area contributed by atoms with E-state index in [1.54, 1.807) is 30.3 Å². The van der Waals surface area contributed by atoms with Gasteiger partial charge in [0, 0.05) is 23.4 Å². The Bertz CT molecular complexity index is 1090. The van der Waals surface area contributed by atoms with Gasteiger partial charge < -0.3 is 10.5 Å². The van der Waals surface area contributed by atoms with E-state index in [0.717, 1.165) is 10.1 Å². The molecular weight excluding hydrogens is 384 g/mol. The SMILES string of the molecule is NC(=O)c1sc2ccccc2c1[C@@H]1CN(S(=O)(=O)c2ccccc2)CCO1. The van der Waals surface area contributed by atoms with E-state index in [9.17, 15) is 13.2 Å². The van der Waals surface area contributed by atoms with E-state index in [2.05, 4.69) is 0 Å². The molecule has 1 aliphatic rings. The monoisotopic (exact) mass is 402 g/mol. The molecule has 27 heavy (non-hydrogen) atoms. The van der Waals surface area contributed by atoms with Crippen LogP contribution in [-0.4, -0.2) is 38.3 Å². The maximum atomic E-state index is 13.0. The number of morpholine rings is 1. The third kappa shape index (κ3) is 3.25. The summed E-state index contributed by atoms with van der Waals surface area (Å²) in [6.45, 7) is 0.652. The number of carbonyl (C=O) groups excluding carboxylic acids is 1. The van der Waals surface area contributed by atoms with Crippen molar-refractivity contribution in [2.24, 2.45) is 5.73 Å². The molecule has 0 radical (unpaired) electrons. The summed E-state index contributed by atoms with van der Waals surface area (Å²) in [5.74, 6) is -0.530. The molecule has 0 bridgehead atoms. The minimum Gasteiger partial charge on any atom is -0.371 e. The van der Waals surface area contributed by atoms with Crippen molar-refractivity contribution >= 4 is 37.4 Å². The summed E-state index contributed by atoms with van der Waals surface area (Å²) < 4.78 is 34.1. The highest BCUT2D eigenvalue weighted by atomic mass is 32.2. The molecule has 0 aliphatic carbocycles. The molecule has 140 valence electrons. The van der Waals surface area contributed by atoms with Gasteiger partial charge in [0.1, 0.15) is 0 Å². The van der Waals surface area contributed by atoms with Crippen molar-refractivity contribution in [2.45, 2.75) is 11.0 Å². The Hall–Kier alpha value is -2.26. The largest absolute Gasteiger partial charge is 0.371 e. The first-order valence-corrected chi connectivity index (χ1v) is 10.7. The predicted octanol–water partition coefficient (Wildman–Crippen LogP) is 2.76. The molecule has 1 amide bonds. The van der Waals surface area contributed by atoms with Gasteiger partial charge >= 0.3 is 0 Å². The summed E-state index contributed by atoms with van der Waals surface area (Å²) in [5, 5.41) is 0.875. The van der Waals surface area contributed by atoms with Gasteiger partial charge in [-0.1, -0.05) is 36.4 Å². The summed E-state index contributed by atoms with van der Waals surface area (Å²) in [5.41, 5.74) is 6.26. The Morgan fingerprint density at radius 1 is 1.11 bits per heavy atom. The number of thiophene rings is 1. The molecule has 1 saturated heterocycles. The van der Waals surface area contributed by atoms with Crippen molar-refractivity contribution in [2.75, 3.05) is 19.7 Å². The lowest BCUT2D eigenvalue weighted by atomic mass is 10.0. The second-order valence-electron chi connectivity index (χ2n) is 6.24. The van der Waals surface area contributed by atoms with Gasteiger partial charge in [-0.3, -0.25) is 4.79 Å². The predicted molar refractivity (Wildman–Crippen MR) is 104 cm³/mol. The summed E-state index contributed by atoms with van der Waals surface area (Å²) in [6, 6.07) is 15.9. The first kappa shape index (κ1) is 18.1. The lowest BCUT2D eigenvalue weighted by Crippen LogP contribution is -2.42. The van der Waals surface area contributed by atoms with Crippen LogP contribution in [0.4, 0.5) is 0 Å². The molecular formula is C19H18N2O4S2. The van der Waals surface area contributed by atoms with Crippen LogP contribution < -0.4 is 5.73 Å². The van der Waals surface area contributed by atoms with Crippen molar-refractivity contribution in [1.82, 2.24) is 4.31 Å². The minimum absolute atomic E-state index is 0.137. The smallest absolute Gasteiger partial charge is 0.259 e. The van der Waals surface area contributed by atoms with E-state index in [0.29, 0.717) is 10.4 Å². The van der Waals surface area contributed by atoms with E-state index in [1.807, 2.05) is 24.3 Å². The molecule has 2 heterocycles. The normalized spacial score (nSPS) is 18.6. The third-order valence-electron chi connectivity index (χ3n) is 4.59. The van der Waals surface area contributed by atoms with E-state index in [4.69, 9.17) is 10.5 Å². The quantitative estimate of drug-likeness (QED) is 0.727. The summed E-state index contributed by atoms with van der Waals surface area (Å²) in [4.78, 5) is 12.6. The summed E-state index contributed by atoms with van der Waals surface area (Å²) >= 11 is 1.31. The number of hydrogen-bond donors (Lipinski definition) is 1. The van der Waals surface area contributed by atoms with Crippen LogP contribution in [-0.2, 0) is 14.8 Å². The molecule has 2 aromatic carbocycles. The number of fused-ring (bicyclic) bond motifs is 1. The first-order valence-electron chi connectivity index (χ1n) is 8.46. The van der Waals surface area contributed by atoms with Gasteiger partial charge in [-0.25, -0.2) is 8.42 Å². The van der Waals surface area contributed by atoms with Crippen LogP contribution >= 0.6 is 11.3 Å². The van der Waals surface area contributed by atoms with Crippen molar-refractivity contribution in [3.05, 3.63) is 65.0 Å². The van der Waals surface area contributed by atoms with E-state index in [-0.39, 0.29) is 24.6 Å². The number of ether oxygens (including phenoxy) is 1. The number of amides is 1. The number of nitrogens with two attached hydrogens (primary N) is 1. The highest BCUT2D eigenvalue weighted by molar-refractivity contribution is 7.89. The van der Waals surface area contributed by atoms with Gasteiger partial charge in [0.25, 0.3) is 5.91 Å². The number of benzene rings is 2. The molecule has 8 heteroatoms. The van der Waals surface area contributed by atoms with Gasteiger partial charge in [-0.2, -0.15) is 4.31 Å². The topological polar surface area (TPSA) is 89.7 Å². The second-order valence-corrected chi connectivity index (χ2v) is 9.23. The number of rotatable bonds is 4. The van der Waals surface area contributed by atoms with Crippen molar-refractivity contribution < 1.29 is 17.9 Å². The van der Waals surface area contributed by atoms with Gasteiger partial charge in [-0.15, -0.1) is 11.3 Å². The van der Waals surface area contributed by atoms with Gasteiger partial charge in [0.05, 0.1) is 22.5 Å². The van der Waals surface area contributed by atoms with Crippen LogP contribution in [0.25, 0.3) is 10.1 Å². The molecule has 0 saturated carbocycles. The number of primary amides is 1. The fraction of sp³-hybridized carbons (Fsp3) is 0.211. The Kier molecular flexibility index (Phi) is 4.73. The second kappa shape index (κ2) is 7.05. The molecule has 6 nitrogen and oxygen atoms in total. The molecule has 0 unspecified atom stereocenters. The highest BCUT2D eigenvalue weighted by Crippen LogP contribution is 2.38. The molecule has 1 aromatic heterocycles.